The summed E-state index contributed by atoms with van der Waals surface area (Å²) >= 11 is 0. The molecule has 0 saturated heterocycles. The van der Waals surface area contributed by atoms with Gasteiger partial charge in [-0.1, -0.05) is 18.2 Å². The van der Waals surface area contributed by atoms with Gasteiger partial charge in [-0.2, -0.15) is 0 Å². The first-order valence-electron chi connectivity index (χ1n) is 9.78. The third kappa shape index (κ3) is 5.48. The second kappa shape index (κ2) is 8.96. The molecule has 0 unspecified atom stereocenters. The Balaban J connectivity index is 1.31. The quantitative estimate of drug-likeness (QED) is 0.603. The summed E-state index contributed by atoms with van der Waals surface area (Å²) in [4.78, 5) is 23.1. The lowest BCUT2D eigenvalue weighted by Gasteiger charge is -2.20. The van der Waals surface area contributed by atoms with Crippen molar-refractivity contribution in [3.63, 3.8) is 0 Å². The van der Waals surface area contributed by atoms with E-state index in [0.29, 0.717) is 38.0 Å². The first-order valence-corrected chi connectivity index (χ1v) is 9.78. The average Bonchev–Trinajstić information content (AvgIpc) is 3.48. The number of hydrogen-bond acceptors (Lipinski definition) is 5. The molecule has 29 heavy (non-hydrogen) atoms. The Labute approximate surface area is 168 Å². The lowest BCUT2D eigenvalue weighted by molar-refractivity contribution is 0.0949. The van der Waals surface area contributed by atoms with Crippen LogP contribution in [0.2, 0.25) is 0 Å². The Morgan fingerprint density at radius 1 is 1.17 bits per heavy atom. The molecule has 150 valence electrons. The minimum atomic E-state index is -0.257. The first-order chi connectivity index (χ1) is 14.2. The third-order valence-electron chi connectivity index (χ3n) is 4.88. The highest BCUT2D eigenvalue weighted by Crippen LogP contribution is 2.29. The van der Waals surface area contributed by atoms with Gasteiger partial charge in [0.1, 0.15) is 12.1 Å². The van der Waals surface area contributed by atoms with E-state index in [9.17, 15) is 9.18 Å². The Bertz CT molecular complexity index is 939. The maximum atomic E-state index is 13.1. The highest BCUT2D eigenvalue weighted by atomic mass is 19.1. The monoisotopic (exact) mass is 394 g/mol. The highest BCUT2D eigenvalue weighted by molar-refractivity contribution is 5.91. The van der Waals surface area contributed by atoms with Crippen molar-refractivity contribution in [1.82, 2.24) is 20.2 Å². The van der Waals surface area contributed by atoms with E-state index in [0.717, 1.165) is 24.1 Å². The van der Waals surface area contributed by atoms with Crippen LogP contribution < -0.4 is 5.32 Å². The Kier molecular flexibility index (Phi) is 5.95. The molecule has 0 aliphatic heterocycles. The molecule has 1 aliphatic rings. The number of oxazole rings is 1. The molecule has 0 radical (unpaired) electrons. The first kappa shape index (κ1) is 19.3. The van der Waals surface area contributed by atoms with Crippen molar-refractivity contribution in [1.29, 1.82) is 0 Å². The minimum Gasteiger partial charge on any atom is -0.447 e. The molecule has 0 spiro atoms. The average molecular weight is 394 g/mol. The van der Waals surface area contributed by atoms with E-state index < -0.39 is 0 Å². The van der Waals surface area contributed by atoms with Crippen molar-refractivity contribution >= 4 is 5.91 Å². The number of amides is 1. The second-order valence-corrected chi connectivity index (χ2v) is 7.22. The number of hydrogen-bond donors (Lipinski definition) is 1. The van der Waals surface area contributed by atoms with Crippen molar-refractivity contribution in [2.24, 2.45) is 0 Å². The topological polar surface area (TPSA) is 71.3 Å². The van der Waals surface area contributed by atoms with E-state index >= 15 is 0 Å². The number of nitrogens with zero attached hydrogens (tertiary/aromatic N) is 3. The lowest BCUT2D eigenvalue weighted by Crippen LogP contribution is -2.27. The summed E-state index contributed by atoms with van der Waals surface area (Å²) in [7, 11) is 0. The predicted octanol–water partition coefficient (Wildman–Crippen LogP) is 3.35. The molecule has 0 atom stereocenters. The summed E-state index contributed by atoms with van der Waals surface area (Å²) < 4.78 is 18.7. The molecule has 1 amide bonds. The van der Waals surface area contributed by atoms with Gasteiger partial charge >= 0.3 is 0 Å². The van der Waals surface area contributed by atoms with Gasteiger partial charge in [0.25, 0.3) is 5.91 Å². The SMILES string of the molecule is O=C(NCCc1ccccn1)c1coc(CN(Cc2ccc(F)cc2)C2CC2)n1. The molecule has 7 heteroatoms. The third-order valence-corrected chi connectivity index (χ3v) is 4.88. The van der Waals surface area contributed by atoms with Gasteiger partial charge in [0.05, 0.1) is 6.54 Å². The second-order valence-electron chi connectivity index (χ2n) is 7.22. The molecule has 4 rings (SSSR count). The molecule has 1 N–H and O–H groups in total. The maximum Gasteiger partial charge on any atom is 0.273 e. The van der Waals surface area contributed by atoms with E-state index in [-0.39, 0.29) is 17.4 Å². The number of carbonyl (C=O) groups is 1. The van der Waals surface area contributed by atoms with Gasteiger partial charge < -0.3 is 9.73 Å². The van der Waals surface area contributed by atoms with Crippen molar-refractivity contribution in [3.8, 4) is 0 Å². The lowest BCUT2D eigenvalue weighted by atomic mass is 10.2. The molecule has 6 nitrogen and oxygen atoms in total. The number of nitrogens with one attached hydrogen (secondary N) is 1. The van der Waals surface area contributed by atoms with E-state index in [4.69, 9.17) is 4.42 Å². The zero-order valence-electron chi connectivity index (χ0n) is 16.1. The van der Waals surface area contributed by atoms with Gasteiger partial charge in [0.15, 0.2) is 5.69 Å². The van der Waals surface area contributed by atoms with E-state index in [1.54, 1.807) is 18.3 Å². The molecule has 2 aromatic heterocycles. The van der Waals surface area contributed by atoms with Crippen molar-refractivity contribution < 1.29 is 13.6 Å². The fraction of sp³-hybridized carbons (Fsp3) is 0.318. The standard InChI is InChI=1S/C22H23FN4O2/c23-17-6-4-16(5-7-17)13-27(19-8-9-19)14-21-26-20(15-29-21)22(28)25-12-10-18-3-1-2-11-24-18/h1-7,11,15,19H,8-10,12-14H2,(H,25,28). The fourth-order valence-corrected chi connectivity index (χ4v) is 3.18. The highest BCUT2D eigenvalue weighted by Gasteiger charge is 2.30. The molecule has 2 heterocycles. The zero-order valence-corrected chi connectivity index (χ0v) is 16.1. The molecular formula is C22H23FN4O2. The fourth-order valence-electron chi connectivity index (χ4n) is 3.18. The Morgan fingerprint density at radius 2 is 2.00 bits per heavy atom. The van der Waals surface area contributed by atoms with Gasteiger partial charge in [0.2, 0.25) is 5.89 Å². The van der Waals surface area contributed by atoms with Crippen molar-refractivity contribution in [2.75, 3.05) is 6.54 Å². The van der Waals surface area contributed by atoms with Crippen LogP contribution in [-0.2, 0) is 19.5 Å². The van der Waals surface area contributed by atoms with Crippen LogP contribution in [0.25, 0.3) is 0 Å². The number of pyridine rings is 1. The van der Waals surface area contributed by atoms with Gasteiger partial charge in [-0.15, -0.1) is 0 Å². The molecule has 1 fully saturated rings. The van der Waals surface area contributed by atoms with Crippen LogP contribution in [0.3, 0.4) is 0 Å². The number of carbonyl (C=O) groups excluding carboxylic acids is 1. The van der Waals surface area contributed by atoms with Gasteiger partial charge in [-0.25, -0.2) is 9.37 Å². The van der Waals surface area contributed by atoms with E-state index in [1.165, 1.54) is 18.4 Å². The van der Waals surface area contributed by atoms with E-state index in [1.807, 2.05) is 18.2 Å². The van der Waals surface area contributed by atoms with Crippen LogP contribution in [-0.4, -0.2) is 33.4 Å². The van der Waals surface area contributed by atoms with Crippen LogP contribution in [0.1, 0.15) is 40.5 Å². The van der Waals surface area contributed by atoms with Gasteiger partial charge in [-0.3, -0.25) is 14.7 Å². The van der Waals surface area contributed by atoms with Crippen LogP contribution in [0.4, 0.5) is 4.39 Å². The molecule has 1 saturated carbocycles. The Morgan fingerprint density at radius 3 is 2.72 bits per heavy atom. The van der Waals surface area contributed by atoms with Crippen molar-refractivity contribution in [3.05, 3.63) is 83.6 Å². The summed E-state index contributed by atoms with van der Waals surface area (Å²) in [5.41, 5.74) is 2.24. The van der Waals surface area contributed by atoms with Crippen molar-refractivity contribution in [2.45, 2.75) is 38.4 Å². The van der Waals surface area contributed by atoms with E-state index in [2.05, 4.69) is 20.2 Å². The van der Waals surface area contributed by atoms with Crippen LogP contribution in [0.5, 0.6) is 0 Å². The maximum absolute atomic E-state index is 13.1. The summed E-state index contributed by atoms with van der Waals surface area (Å²) in [5, 5.41) is 2.84. The predicted molar refractivity (Wildman–Crippen MR) is 105 cm³/mol. The number of benzene rings is 1. The Hall–Kier alpha value is -3.06. The summed E-state index contributed by atoms with van der Waals surface area (Å²) in [6.45, 7) is 1.69. The van der Waals surface area contributed by atoms with Gasteiger partial charge in [-0.05, 0) is 42.7 Å². The van der Waals surface area contributed by atoms with Crippen LogP contribution in [0, 0.1) is 5.82 Å². The number of halogens is 1. The normalized spacial score (nSPS) is 13.6. The van der Waals surface area contributed by atoms with Gasteiger partial charge in [0, 0.05) is 37.4 Å². The smallest absolute Gasteiger partial charge is 0.273 e. The molecule has 1 aromatic carbocycles. The van der Waals surface area contributed by atoms with Crippen LogP contribution >= 0.6 is 0 Å². The minimum absolute atomic E-state index is 0.238. The molecule has 0 bridgehead atoms. The number of rotatable bonds is 9. The zero-order chi connectivity index (χ0) is 20.1. The molecular weight excluding hydrogens is 371 g/mol. The summed E-state index contributed by atoms with van der Waals surface area (Å²) in [5.74, 6) is 0.0134. The molecule has 3 aromatic rings. The largest absolute Gasteiger partial charge is 0.447 e. The number of aromatic nitrogens is 2. The summed E-state index contributed by atoms with van der Waals surface area (Å²) in [6.07, 6.45) is 6.04. The summed E-state index contributed by atoms with van der Waals surface area (Å²) in [6, 6.07) is 12.7. The van der Waals surface area contributed by atoms with Crippen LogP contribution in [0.15, 0.2) is 59.3 Å². The molecule has 1 aliphatic carbocycles.